The second-order valence-corrected chi connectivity index (χ2v) is 6.48. The Morgan fingerprint density at radius 2 is 1.78 bits per heavy atom. The van der Waals surface area contributed by atoms with Crippen molar-refractivity contribution in [1.82, 2.24) is 5.32 Å². The molecule has 0 saturated heterocycles. The molecule has 2 atom stereocenters. The maximum atomic E-state index is 3.58. The van der Waals surface area contributed by atoms with Crippen LogP contribution in [-0.4, -0.2) is 13.1 Å². The summed E-state index contributed by atoms with van der Waals surface area (Å²) in [5.74, 6) is 3.08. The molecule has 0 spiro atoms. The molecule has 1 aliphatic carbocycles. The van der Waals surface area contributed by atoms with Crippen molar-refractivity contribution in [3.63, 3.8) is 0 Å². The molecule has 1 saturated carbocycles. The standard InChI is InChI=1S/C17H27N/c1-12(2)10-18-11-16-9-17(16)15-7-5-14(6-8-15)13(3)4/h5-8,12-13,16-18H,9-11H2,1-4H3. The van der Waals surface area contributed by atoms with Gasteiger partial charge in [0, 0.05) is 0 Å². The topological polar surface area (TPSA) is 12.0 Å². The van der Waals surface area contributed by atoms with Crippen LogP contribution in [0, 0.1) is 11.8 Å². The lowest BCUT2D eigenvalue weighted by Gasteiger charge is -2.08. The van der Waals surface area contributed by atoms with Crippen LogP contribution in [0.1, 0.15) is 57.1 Å². The van der Waals surface area contributed by atoms with Crippen molar-refractivity contribution in [2.24, 2.45) is 11.8 Å². The van der Waals surface area contributed by atoms with Gasteiger partial charge in [-0.05, 0) is 54.3 Å². The Balaban J connectivity index is 1.80. The summed E-state index contributed by atoms with van der Waals surface area (Å²) < 4.78 is 0. The van der Waals surface area contributed by atoms with Crippen molar-refractivity contribution in [1.29, 1.82) is 0 Å². The van der Waals surface area contributed by atoms with Crippen molar-refractivity contribution in [3.8, 4) is 0 Å². The SMILES string of the molecule is CC(C)CNCC1CC1c1ccc(C(C)C)cc1. The molecule has 0 aromatic heterocycles. The minimum Gasteiger partial charge on any atom is -0.316 e. The van der Waals surface area contributed by atoms with Crippen LogP contribution in [0.5, 0.6) is 0 Å². The first kappa shape index (κ1) is 13.6. The maximum absolute atomic E-state index is 3.58. The van der Waals surface area contributed by atoms with Crippen molar-refractivity contribution < 1.29 is 0 Å². The van der Waals surface area contributed by atoms with Crippen molar-refractivity contribution in [2.75, 3.05) is 13.1 Å². The Labute approximate surface area is 112 Å². The lowest BCUT2D eigenvalue weighted by molar-refractivity contribution is 0.532. The molecular formula is C17H27N. The van der Waals surface area contributed by atoms with Gasteiger partial charge in [-0.25, -0.2) is 0 Å². The highest BCUT2D eigenvalue weighted by Gasteiger charge is 2.37. The van der Waals surface area contributed by atoms with Gasteiger partial charge in [0.2, 0.25) is 0 Å². The Morgan fingerprint density at radius 1 is 1.11 bits per heavy atom. The molecule has 0 heterocycles. The van der Waals surface area contributed by atoms with E-state index in [1.165, 1.54) is 24.1 Å². The Kier molecular flexibility index (Phi) is 4.45. The summed E-state index contributed by atoms with van der Waals surface area (Å²) in [5, 5.41) is 3.58. The molecule has 1 aliphatic rings. The predicted molar refractivity (Wildman–Crippen MR) is 79.1 cm³/mol. The van der Waals surface area contributed by atoms with Gasteiger partial charge in [-0.1, -0.05) is 52.0 Å². The zero-order valence-corrected chi connectivity index (χ0v) is 12.2. The van der Waals surface area contributed by atoms with E-state index in [9.17, 15) is 0 Å². The van der Waals surface area contributed by atoms with Crippen molar-refractivity contribution >= 4 is 0 Å². The van der Waals surface area contributed by atoms with E-state index in [0.717, 1.165) is 24.3 Å². The molecule has 1 heteroatoms. The lowest BCUT2D eigenvalue weighted by atomic mass is 10.00. The number of rotatable bonds is 6. The summed E-state index contributed by atoms with van der Waals surface area (Å²) in [6, 6.07) is 9.28. The van der Waals surface area contributed by atoms with Crippen LogP contribution in [0.4, 0.5) is 0 Å². The van der Waals surface area contributed by atoms with Gasteiger partial charge >= 0.3 is 0 Å². The van der Waals surface area contributed by atoms with Crippen molar-refractivity contribution in [3.05, 3.63) is 35.4 Å². The zero-order valence-electron chi connectivity index (χ0n) is 12.2. The van der Waals surface area contributed by atoms with Crippen LogP contribution in [-0.2, 0) is 0 Å². The average Bonchev–Trinajstić information content (AvgIpc) is 3.08. The third-order valence-corrected chi connectivity index (χ3v) is 3.91. The monoisotopic (exact) mass is 245 g/mol. The maximum Gasteiger partial charge on any atom is -0.00143 e. The predicted octanol–water partition coefficient (Wildman–Crippen LogP) is 4.16. The first-order valence-corrected chi connectivity index (χ1v) is 7.38. The number of hydrogen-bond donors (Lipinski definition) is 1. The van der Waals surface area contributed by atoms with E-state index in [1.807, 2.05) is 0 Å². The smallest absolute Gasteiger partial charge is 0.00143 e. The van der Waals surface area contributed by atoms with Crippen LogP contribution < -0.4 is 5.32 Å². The number of nitrogens with one attached hydrogen (secondary N) is 1. The third-order valence-electron chi connectivity index (χ3n) is 3.91. The van der Waals surface area contributed by atoms with Crippen LogP contribution in [0.25, 0.3) is 0 Å². The van der Waals surface area contributed by atoms with Gasteiger partial charge in [-0.3, -0.25) is 0 Å². The normalized spacial score (nSPS) is 22.8. The fourth-order valence-corrected chi connectivity index (χ4v) is 2.57. The minimum atomic E-state index is 0.641. The quantitative estimate of drug-likeness (QED) is 0.793. The molecule has 1 nitrogen and oxygen atoms in total. The summed E-state index contributed by atoms with van der Waals surface area (Å²) >= 11 is 0. The van der Waals surface area contributed by atoms with E-state index in [-0.39, 0.29) is 0 Å². The molecule has 0 amide bonds. The fraction of sp³-hybridized carbons (Fsp3) is 0.647. The van der Waals surface area contributed by atoms with Crippen LogP contribution in [0.2, 0.25) is 0 Å². The fourth-order valence-electron chi connectivity index (χ4n) is 2.57. The molecule has 0 aliphatic heterocycles. The van der Waals surface area contributed by atoms with E-state index in [0.29, 0.717) is 5.92 Å². The molecule has 0 bridgehead atoms. The summed E-state index contributed by atoms with van der Waals surface area (Å²) in [7, 11) is 0. The second-order valence-electron chi connectivity index (χ2n) is 6.48. The minimum absolute atomic E-state index is 0.641. The van der Waals surface area contributed by atoms with E-state index >= 15 is 0 Å². The summed E-state index contributed by atoms with van der Waals surface area (Å²) in [6.45, 7) is 11.4. The summed E-state index contributed by atoms with van der Waals surface area (Å²) in [5.41, 5.74) is 2.99. The zero-order chi connectivity index (χ0) is 13.1. The Morgan fingerprint density at radius 3 is 2.33 bits per heavy atom. The van der Waals surface area contributed by atoms with Gasteiger partial charge in [-0.15, -0.1) is 0 Å². The molecule has 0 radical (unpaired) electrons. The van der Waals surface area contributed by atoms with Crippen LogP contribution in [0.3, 0.4) is 0 Å². The van der Waals surface area contributed by atoms with E-state index in [1.54, 1.807) is 0 Å². The van der Waals surface area contributed by atoms with Gasteiger partial charge in [0.05, 0.1) is 0 Å². The Bertz CT molecular complexity index is 364. The van der Waals surface area contributed by atoms with Gasteiger partial charge in [0.15, 0.2) is 0 Å². The largest absolute Gasteiger partial charge is 0.316 e. The Hall–Kier alpha value is -0.820. The lowest BCUT2D eigenvalue weighted by Crippen LogP contribution is -2.22. The molecule has 1 aromatic carbocycles. The van der Waals surface area contributed by atoms with Crippen LogP contribution >= 0.6 is 0 Å². The molecule has 1 fully saturated rings. The van der Waals surface area contributed by atoms with E-state index < -0.39 is 0 Å². The van der Waals surface area contributed by atoms with Gasteiger partial charge in [0.1, 0.15) is 0 Å². The molecule has 18 heavy (non-hydrogen) atoms. The molecule has 1 N–H and O–H groups in total. The molecule has 100 valence electrons. The van der Waals surface area contributed by atoms with E-state index in [4.69, 9.17) is 0 Å². The molecule has 2 rings (SSSR count). The second kappa shape index (κ2) is 5.88. The average molecular weight is 245 g/mol. The number of hydrogen-bond acceptors (Lipinski definition) is 1. The van der Waals surface area contributed by atoms with Gasteiger partial charge < -0.3 is 5.32 Å². The summed E-state index contributed by atoms with van der Waals surface area (Å²) in [4.78, 5) is 0. The number of benzene rings is 1. The third kappa shape index (κ3) is 3.58. The van der Waals surface area contributed by atoms with E-state index in [2.05, 4.69) is 57.3 Å². The first-order valence-electron chi connectivity index (χ1n) is 7.38. The highest BCUT2D eigenvalue weighted by Crippen LogP contribution is 2.47. The molecule has 2 unspecified atom stereocenters. The van der Waals surface area contributed by atoms with Gasteiger partial charge in [0.25, 0.3) is 0 Å². The summed E-state index contributed by atoms with van der Waals surface area (Å²) in [6.07, 6.45) is 1.37. The highest BCUT2D eigenvalue weighted by atomic mass is 14.9. The first-order chi connectivity index (χ1) is 8.58. The molecular weight excluding hydrogens is 218 g/mol. The molecule has 1 aromatic rings. The van der Waals surface area contributed by atoms with Crippen molar-refractivity contribution in [2.45, 2.75) is 46.0 Å². The van der Waals surface area contributed by atoms with Crippen LogP contribution in [0.15, 0.2) is 24.3 Å². The van der Waals surface area contributed by atoms with Gasteiger partial charge in [-0.2, -0.15) is 0 Å². The highest BCUT2D eigenvalue weighted by molar-refractivity contribution is 5.30.